The van der Waals surface area contributed by atoms with Gasteiger partial charge in [0.05, 0.1) is 16.9 Å². The lowest BCUT2D eigenvalue weighted by atomic mass is 9.98. The summed E-state index contributed by atoms with van der Waals surface area (Å²) in [4.78, 5) is 11.3. The number of anilines is 2. The maximum atomic E-state index is 13.2. The Morgan fingerprint density at radius 1 is 1.13 bits per heavy atom. The SMILES string of the molecule is Cc1ccc2c(c1)NC=C(C(=O)C(F)(F)F)C(O)(C(F)(F)F)N2. The van der Waals surface area contributed by atoms with E-state index in [9.17, 15) is 36.2 Å². The van der Waals surface area contributed by atoms with Gasteiger partial charge >= 0.3 is 12.4 Å². The van der Waals surface area contributed by atoms with Gasteiger partial charge in [-0.25, -0.2) is 0 Å². The topological polar surface area (TPSA) is 61.4 Å². The Balaban J connectivity index is 2.63. The van der Waals surface area contributed by atoms with Gasteiger partial charge in [-0.3, -0.25) is 4.79 Å². The molecule has 23 heavy (non-hydrogen) atoms. The fraction of sp³-hybridized carbons (Fsp3) is 0.308. The molecular weight excluding hydrogens is 330 g/mol. The van der Waals surface area contributed by atoms with Gasteiger partial charge in [0.2, 0.25) is 0 Å². The zero-order valence-electron chi connectivity index (χ0n) is 11.4. The summed E-state index contributed by atoms with van der Waals surface area (Å²) in [5.74, 6) is -2.80. The van der Waals surface area contributed by atoms with E-state index in [2.05, 4.69) is 5.32 Å². The molecule has 1 aromatic rings. The van der Waals surface area contributed by atoms with Crippen molar-refractivity contribution in [2.45, 2.75) is 25.0 Å². The van der Waals surface area contributed by atoms with Gasteiger partial charge < -0.3 is 15.7 Å². The number of halogens is 6. The van der Waals surface area contributed by atoms with Crippen LogP contribution >= 0.6 is 0 Å². The zero-order chi connectivity index (χ0) is 17.6. The Kier molecular flexibility index (Phi) is 3.84. The molecule has 4 nitrogen and oxygen atoms in total. The number of aryl methyl sites for hydroxylation is 1. The number of Topliss-reactive ketones (excluding diaryl/α,β-unsaturated/α-hetero) is 1. The van der Waals surface area contributed by atoms with E-state index >= 15 is 0 Å². The molecule has 10 heteroatoms. The van der Waals surface area contributed by atoms with Crippen LogP contribution in [-0.2, 0) is 4.79 Å². The summed E-state index contributed by atoms with van der Waals surface area (Å²) in [6, 6.07) is 3.88. The molecule has 126 valence electrons. The predicted octanol–water partition coefficient (Wildman–Crippen LogP) is 3.10. The fourth-order valence-corrected chi connectivity index (χ4v) is 2.01. The maximum Gasteiger partial charge on any atom is 0.454 e. The molecule has 3 N–H and O–H groups in total. The van der Waals surface area contributed by atoms with Crippen molar-refractivity contribution in [1.82, 2.24) is 0 Å². The highest BCUT2D eigenvalue weighted by Crippen LogP contribution is 2.42. The number of nitrogens with one attached hydrogen (secondary N) is 2. The Labute approximate surface area is 125 Å². The van der Waals surface area contributed by atoms with Crippen LogP contribution in [0.15, 0.2) is 30.0 Å². The number of rotatable bonds is 1. The molecule has 0 amide bonds. The van der Waals surface area contributed by atoms with Gasteiger partial charge in [-0.15, -0.1) is 0 Å². The van der Waals surface area contributed by atoms with E-state index in [1.165, 1.54) is 12.1 Å². The normalized spacial score (nSPS) is 21.5. The van der Waals surface area contributed by atoms with Crippen LogP contribution < -0.4 is 10.6 Å². The summed E-state index contributed by atoms with van der Waals surface area (Å²) < 4.78 is 77.2. The molecule has 1 atom stereocenters. The number of alkyl halides is 6. The first-order valence-electron chi connectivity index (χ1n) is 6.13. The van der Waals surface area contributed by atoms with E-state index in [-0.39, 0.29) is 17.6 Å². The van der Waals surface area contributed by atoms with Crippen molar-refractivity contribution >= 4 is 17.2 Å². The molecule has 0 fully saturated rings. The minimum absolute atomic E-state index is 0.0161. The summed E-state index contributed by atoms with van der Waals surface area (Å²) in [5.41, 5.74) is -5.80. The monoisotopic (exact) mass is 340 g/mol. The Morgan fingerprint density at radius 3 is 2.26 bits per heavy atom. The highest BCUT2D eigenvalue weighted by molar-refractivity contribution is 6.03. The van der Waals surface area contributed by atoms with Gasteiger partial charge in [-0.2, -0.15) is 26.3 Å². The van der Waals surface area contributed by atoms with E-state index in [0.29, 0.717) is 5.56 Å². The Bertz CT molecular complexity index is 680. The molecule has 0 aliphatic carbocycles. The van der Waals surface area contributed by atoms with Crippen molar-refractivity contribution in [3.05, 3.63) is 35.5 Å². The zero-order valence-corrected chi connectivity index (χ0v) is 11.4. The van der Waals surface area contributed by atoms with Crippen LogP contribution in [-0.4, -0.2) is 29.0 Å². The average Bonchev–Trinajstić information content (AvgIpc) is 2.53. The first-order valence-corrected chi connectivity index (χ1v) is 6.13. The molecular formula is C13H10F6N2O2. The predicted molar refractivity (Wildman–Crippen MR) is 68.6 cm³/mol. The van der Waals surface area contributed by atoms with Crippen LogP contribution in [0.2, 0.25) is 0 Å². The number of carbonyl (C=O) groups is 1. The molecule has 1 heterocycles. The summed E-state index contributed by atoms with van der Waals surface area (Å²) >= 11 is 0. The molecule has 1 aliphatic heterocycles. The lowest BCUT2D eigenvalue weighted by molar-refractivity contribution is -0.235. The van der Waals surface area contributed by atoms with Crippen LogP contribution in [0.1, 0.15) is 5.56 Å². The molecule has 1 unspecified atom stereocenters. The number of hydrogen-bond donors (Lipinski definition) is 3. The number of fused-ring (bicyclic) bond motifs is 1. The van der Waals surface area contributed by atoms with E-state index in [1.54, 1.807) is 12.2 Å². The first-order chi connectivity index (χ1) is 10.4. The van der Waals surface area contributed by atoms with Crippen molar-refractivity contribution in [1.29, 1.82) is 0 Å². The van der Waals surface area contributed by atoms with E-state index < -0.39 is 29.4 Å². The van der Waals surface area contributed by atoms with Gasteiger partial charge in [-0.05, 0) is 24.6 Å². The highest BCUT2D eigenvalue weighted by Gasteiger charge is 2.62. The van der Waals surface area contributed by atoms with E-state index in [4.69, 9.17) is 0 Å². The third kappa shape index (κ3) is 2.98. The van der Waals surface area contributed by atoms with Crippen molar-refractivity contribution in [3.63, 3.8) is 0 Å². The third-order valence-electron chi connectivity index (χ3n) is 3.16. The smallest absolute Gasteiger partial charge is 0.360 e. The minimum Gasteiger partial charge on any atom is -0.360 e. The lowest BCUT2D eigenvalue weighted by Crippen LogP contribution is -2.56. The second-order valence-electron chi connectivity index (χ2n) is 4.91. The molecule has 0 spiro atoms. The van der Waals surface area contributed by atoms with Crippen molar-refractivity contribution in [3.8, 4) is 0 Å². The maximum absolute atomic E-state index is 13.2. The number of hydrogen-bond acceptors (Lipinski definition) is 4. The number of ketones is 1. The van der Waals surface area contributed by atoms with Crippen molar-refractivity contribution < 1.29 is 36.2 Å². The number of aliphatic hydroxyl groups is 1. The minimum atomic E-state index is -5.58. The Morgan fingerprint density at radius 2 is 1.74 bits per heavy atom. The lowest BCUT2D eigenvalue weighted by Gasteiger charge is -2.32. The quantitative estimate of drug-likeness (QED) is 0.688. The second kappa shape index (κ2) is 5.15. The van der Waals surface area contributed by atoms with Gasteiger partial charge in [0.15, 0.2) is 0 Å². The Hall–Kier alpha value is -2.23. The van der Waals surface area contributed by atoms with Crippen molar-refractivity contribution in [2.24, 2.45) is 0 Å². The van der Waals surface area contributed by atoms with Crippen molar-refractivity contribution in [2.75, 3.05) is 10.6 Å². The summed E-state index contributed by atoms with van der Waals surface area (Å²) in [5, 5.41) is 13.6. The van der Waals surface area contributed by atoms with Crippen LogP contribution in [0.5, 0.6) is 0 Å². The van der Waals surface area contributed by atoms with Gasteiger partial charge in [-0.1, -0.05) is 6.07 Å². The molecule has 0 bridgehead atoms. The van der Waals surface area contributed by atoms with Gasteiger partial charge in [0, 0.05) is 6.20 Å². The summed E-state index contributed by atoms with van der Waals surface area (Å²) in [6.45, 7) is 1.61. The highest BCUT2D eigenvalue weighted by atomic mass is 19.4. The number of benzene rings is 1. The van der Waals surface area contributed by atoms with Crippen LogP contribution in [0, 0.1) is 6.92 Å². The molecule has 0 aromatic heterocycles. The fourth-order valence-electron chi connectivity index (χ4n) is 2.01. The number of carbonyl (C=O) groups excluding carboxylic acids is 1. The van der Waals surface area contributed by atoms with Gasteiger partial charge in [0.1, 0.15) is 0 Å². The van der Waals surface area contributed by atoms with Crippen LogP contribution in [0.4, 0.5) is 37.7 Å². The van der Waals surface area contributed by atoms with Crippen LogP contribution in [0.25, 0.3) is 0 Å². The molecule has 2 rings (SSSR count). The second-order valence-corrected chi connectivity index (χ2v) is 4.91. The summed E-state index contributed by atoms with van der Waals surface area (Å²) in [6.07, 6.45) is -10.9. The molecule has 0 radical (unpaired) electrons. The molecule has 1 aliphatic rings. The van der Waals surface area contributed by atoms with E-state index in [1.807, 2.05) is 0 Å². The van der Waals surface area contributed by atoms with E-state index in [0.717, 1.165) is 6.07 Å². The largest absolute Gasteiger partial charge is 0.454 e. The molecule has 0 saturated carbocycles. The standard InChI is InChI=1S/C13H10F6N2O2/c1-6-2-3-8-9(4-6)20-5-7(10(22)12(14,15)16)11(23,21-8)13(17,18)19/h2-5,20-21,23H,1H3. The molecule has 1 aromatic carbocycles. The third-order valence-corrected chi connectivity index (χ3v) is 3.16. The average molecular weight is 340 g/mol. The first kappa shape index (κ1) is 17.1. The van der Waals surface area contributed by atoms with Gasteiger partial charge in [0.25, 0.3) is 11.5 Å². The summed E-state index contributed by atoms with van der Waals surface area (Å²) in [7, 11) is 0. The molecule has 0 saturated heterocycles. The van der Waals surface area contributed by atoms with Crippen LogP contribution in [0.3, 0.4) is 0 Å².